The Balaban J connectivity index is 1.69. The summed E-state index contributed by atoms with van der Waals surface area (Å²) in [5.74, 6) is -0.647. The van der Waals surface area contributed by atoms with Crippen LogP contribution in [0.2, 0.25) is 0 Å². The Morgan fingerprint density at radius 1 is 1.12 bits per heavy atom. The second kappa shape index (κ2) is 6.66. The van der Waals surface area contributed by atoms with Crippen molar-refractivity contribution in [2.45, 2.75) is 20.4 Å². The molecule has 3 rings (SSSR count). The zero-order valence-corrected chi connectivity index (χ0v) is 13.6. The Kier molecular flexibility index (Phi) is 4.42. The van der Waals surface area contributed by atoms with Gasteiger partial charge in [0.05, 0.1) is 12.2 Å². The maximum atomic E-state index is 13.2. The van der Waals surface area contributed by atoms with Crippen LogP contribution < -0.4 is 5.32 Å². The molecule has 0 aliphatic carbocycles. The van der Waals surface area contributed by atoms with E-state index in [0.717, 1.165) is 17.0 Å². The van der Waals surface area contributed by atoms with Crippen molar-refractivity contribution in [1.82, 2.24) is 9.78 Å². The molecule has 0 saturated carbocycles. The summed E-state index contributed by atoms with van der Waals surface area (Å²) in [6, 6.07) is 15.2. The zero-order chi connectivity index (χ0) is 17.1. The monoisotopic (exact) mass is 323 g/mol. The molecule has 0 bridgehead atoms. The molecule has 1 heterocycles. The highest BCUT2D eigenvalue weighted by atomic mass is 19.1. The van der Waals surface area contributed by atoms with Gasteiger partial charge in [0.15, 0.2) is 0 Å². The minimum Gasteiger partial charge on any atom is -0.322 e. The molecule has 24 heavy (non-hydrogen) atoms. The van der Waals surface area contributed by atoms with Crippen LogP contribution >= 0.6 is 0 Å². The lowest BCUT2D eigenvalue weighted by molar-refractivity contribution is 0.102. The SMILES string of the molecule is Cc1cc(C)n(Cc2ccc(C(=O)Nc3cccc(F)c3)cc2)n1. The van der Waals surface area contributed by atoms with E-state index in [1.807, 2.05) is 36.7 Å². The molecule has 0 aliphatic rings. The molecule has 0 aliphatic heterocycles. The number of carbonyl (C=O) groups is 1. The molecule has 0 atom stereocenters. The molecule has 0 unspecified atom stereocenters. The molecule has 0 saturated heterocycles. The molecule has 3 aromatic rings. The molecule has 1 amide bonds. The third-order valence-electron chi connectivity index (χ3n) is 3.73. The van der Waals surface area contributed by atoms with Crippen LogP contribution in [0.15, 0.2) is 54.6 Å². The molecule has 2 aromatic carbocycles. The average Bonchev–Trinajstić information content (AvgIpc) is 2.85. The lowest BCUT2D eigenvalue weighted by Gasteiger charge is -2.07. The third-order valence-corrected chi connectivity index (χ3v) is 3.73. The number of nitrogens with one attached hydrogen (secondary N) is 1. The number of amides is 1. The molecule has 1 aromatic heterocycles. The molecule has 122 valence electrons. The summed E-state index contributed by atoms with van der Waals surface area (Å²) in [6.45, 7) is 4.63. The Morgan fingerprint density at radius 3 is 2.50 bits per heavy atom. The van der Waals surface area contributed by atoms with Crippen LogP contribution in [0.3, 0.4) is 0 Å². The van der Waals surface area contributed by atoms with E-state index < -0.39 is 0 Å². The highest BCUT2D eigenvalue weighted by Crippen LogP contribution is 2.13. The first-order valence-electron chi connectivity index (χ1n) is 7.68. The highest BCUT2D eigenvalue weighted by molar-refractivity contribution is 6.04. The Morgan fingerprint density at radius 2 is 1.88 bits per heavy atom. The Bertz CT molecular complexity index is 869. The fraction of sp³-hybridized carbons (Fsp3) is 0.158. The largest absolute Gasteiger partial charge is 0.322 e. The lowest BCUT2D eigenvalue weighted by Crippen LogP contribution is -2.12. The van der Waals surface area contributed by atoms with E-state index in [2.05, 4.69) is 10.4 Å². The quantitative estimate of drug-likeness (QED) is 0.790. The van der Waals surface area contributed by atoms with Crippen molar-refractivity contribution in [2.75, 3.05) is 5.32 Å². The Hall–Kier alpha value is -2.95. The van der Waals surface area contributed by atoms with Gasteiger partial charge in [0.1, 0.15) is 5.82 Å². The summed E-state index contributed by atoms with van der Waals surface area (Å²) in [5.41, 5.74) is 4.10. The zero-order valence-electron chi connectivity index (χ0n) is 13.6. The van der Waals surface area contributed by atoms with Gasteiger partial charge in [-0.05, 0) is 55.8 Å². The smallest absolute Gasteiger partial charge is 0.255 e. The number of halogens is 1. The fourth-order valence-corrected chi connectivity index (χ4v) is 2.54. The van der Waals surface area contributed by atoms with Gasteiger partial charge in [0.2, 0.25) is 0 Å². The first-order chi connectivity index (χ1) is 11.5. The minimum atomic E-state index is -0.381. The highest BCUT2D eigenvalue weighted by Gasteiger charge is 2.07. The fourth-order valence-electron chi connectivity index (χ4n) is 2.54. The van der Waals surface area contributed by atoms with Crippen LogP contribution in [0.4, 0.5) is 10.1 Å². The summed E-state index contributed by atoms with van der Waals surface area (Å²) < 4.78 is 15.1. The number of nitrogens with zero attached hydrogens (tertiary/aromatic N) is 2. The first-order valence-corrected chi connectivity index (χ1v) is 7.68. The summed E-state index contributed by atoms with van der Waals surface area (Å²) in [5, 5.41) is 7.11. The minimum absolute atomic E-state index is 0.265. The van der Waals surface area contributed by atoms with Crippen molar-refractivity contribution in [3.05, 3.63) is 82.9 Å². The maximum Gasteiger partial charge on any atom is 0.255 e. The molecule has 0 spiro atoms. The number of aryl methyl sites for hydroxylation is 2. The molecule has 5 heteroatoms. The molecule has 0 fully saturated rings. The van der Waals surface area contributed by atoms with Crippen LogP contribution in [-0.4, -0.2) is 15.7 Å². The van der Waals surface area contributed by atoms with Crippen molar-refractivity contribution in [3.8, 4) is 0 Å². The second-order valence-electron chi connectivity index (χ2n) is 5.75. The van der Waals surface area contributed by atoms with E-state index in [1.54, 1.807) is 24.3 Å². The van der Waals surface area contributed by atoms with Crippen molar-refractivity contribution in [2.24, 2.45) is 0 Å². The maximum absolute atomic E-state index is 13.2. The van der Waals surface area contributed by atoms with Crippen LogP contribution in [0.1, 0.15) is 27.3 Å². The van der Waals surface area contributed by atoms with Crippen molar-refractivity contribution in [3.63, 3.8) is 0 Å². The number of benzene rings is 2. The van der Waals surface area contributed by atoms with E-state index in [9.17, 15) is 9.18 Å². The number of hydrogen-bond acceptors (Lipinski definition) is 2. The van der Waals surface area contributed by atoms with Crippen molar-refractivity contribution < 1.29 is 9.18 Å². The molecular formula is C19H18FN3O. The Labute approximate surface area is 139 Å². The molecule has 4 nitrogen and oxygen atoms in total. The van der Waals surface area contributed by atoms with Gasteiger partial charge >= 0.3 is 0 Å². The number of carbonyl (C=O) groups excluding carboxylic acids is 1. The van der Waals surface area contributed by atoms with E-state index in [4.69, 9.17) is 0 Å². The van der Waals surface area contributed by atoms with Gasteiger partial charge in [-0.2, -0.15) is 5.10 Å². The van der Waals surface area contributed by atoms with Gasteiger partial charge in [0.25, 0.3) is 5.91 Å². The lowest BCUT2D eigenvalue weighted by atomic mass is 10.1. The van der Waals surface area contributed by atoms with E-state index in [-0.39, 0.29) is 11.7 Å². The van der Waals surface area contributed by atoms with Gasteiger partial charge in [-0.25, -0.2) is 4.39 Å². The third kappa shape index (κ3) is 3.68. The number of aromatic nitrogens is 2. The van der Waals surface area contributed by atoms with Crippen LogP contribution in [0.25, 0.3) is 0 Å². The van der Waals surface area contributed by atoms with Crippen LogP contribution in [0.5, 0.6) is 0 Å². The summed E-state index contributed by atoms with van der Waals surface area (Å²) >= 11 is 0. The van der Waals surface area contributed by atoms with Crippen molar-refractivity contribution in [1.29, 1.82) is 0 Å². The average molecular weight is 323 g/mol. The second-order valence-corrected chi connectivity index (χ2v) is 5.75. The number of hydrogen-bond donors (Lipinski definition) is 1. The van der Waals surface area contributed by atoms with Crippen LogP contribution in [-0.2, 0) is 6.54 Å². The van der Waals surface area contributed by atoms with Crippen LogP contribution in [0, 0.1) is 19.7 Å². The van der Waals surface area contributed by atoms with Gasteiger partial charge in [-0.3, -0.25) is 9.48 Å². The van der Waals surface area contributed by atoms with E-state index in [1.165, 1.54) is 12.1 Å². The predicted molar refractivity (Wildman–Crippen MR) is 91.6 cm³/mol. The van der Waals surface area contributed by atoms with E-state index >= 15 is 0 Å². The number of anilines is 1. The summed E-state index contributed by atoms with van der Waals surface area (Å²) in [7, 11) is 0. The summed E-state index contributed by atoms with van der Waals surface area (Å²) in [4.78, 5) is 12.2. The van der Waals surface area contributed by atoms with Gasteiger partial charge in [0, 0.05) is 16.9 Å². The standard InChI is InChI=1S/C19H18FN3O/c1-13-10-14(2)23(22-13)12-15-6-8-16(9-7-15)19(24)21-18-5-3-4-17(20)11-18/h3-11H,12H2,1-2H3,(H,21,24). The topological polar surface area (TPSA) is 46.9 Å². The van der Waals surface area contributed by atoms with E-state index in [0.29, 0.717) is 17.8 Å². The molecule has 1 N–H and O–H groups in total. The van der Waals surface area contributed by atoms with Crippen molar-refractivity contribution >= 4 is 11.6 Å². The number of rotatable bonds is 4. The predicted octanol–water partition coefficient (Wildman–Crippen LogP) is 3.94. The normalized spacial score (nSPS) is 10.6. The molecule has 0 radical (unpaired) electrons. The van der Waals surface area contributed by atoms with Gasteiger partial charge in [-0.15, -0.1) is 0 Å². The van der Waals surface area contributed by atoms with Gasteiger partial charge < -0.3 is 5.32 Å². The first kappa shape index (κ1) is 15.9. The summed E-state index contributed by atoms with van der Waals surface area (Å²) in [6.07, 6.45) is 0. The molecular weight excluding hydrogens is 305 g/mol. The van der Waals surface area contributed by atoms with Gasteiger partial charge in [-0.1, -0.05) is 18.2 Å².